The molecular weight excluding hydrogens is 176 g/mol. The molecule has 0 atom stereocenters. The summed E-state index contributed by atoms with van der Waals surface area (Å²) >= 11 is 0. The maximum Gasteiger partial charge on any atom is 0.151 e. The summed E-state index contributed by atoms with van der Waals surface area (Å²) in [6, 6.07) is 7.11. The van der Waals surface area contributed by atoms with Gasteiger partial charge in [0.1, 0.15) is 5.75 Å². The zero-order chi connectivity index (χ0) is 9.19. The lowest BCUT2D eigenvalue weighted by atomic mass is 10.2. The number of benzene rings is 1. The van der Waals surface area contributed by atoms with Crippen LogP contribution in [0.25, 0.3) is 0 Å². The summed E-state index contributed by atoms with van der Waals surface area (Å²) in [4.78, 5) is 0. The average Bonchev–Trinajstić information content (AvgIpc) is 1.91. The number of aromatic hydroxyl groups is 1. The molecule has 1 radical (unpaired) electrons. The van der Waals surface area contributed by atoms with Crippen molar-refractivity contribution in [3.05, 3.63) is 29.8 Å². The summed E-state index contributed by atoms with van der Waals surface area (Å²) in [5.74, 6) is -0.143. The van der Waals surface area contributed by atoms with Gasteiger partial charge < -0.3 is 5.11 Å². The summed E-state index contributed by atoms with van der Waals surface area (Å²) in [6.45, 7) is 0. The van der Waals surface area contributed by atoms with Crippen LogP contribution in [0.3, 0.4) is 0 Å². The molecule has 1 N–H and O–H groups in total. The van der Waals surface area contributed by atoms with E-state index in [4.69, 9.17) is 0 Å². The Hall–Kier alpha value is -1.03. The Bertz CT molecular complexity index is 368. The molecule has 0 saturated heterocycles. The summed E-state index contributed by atoms with van der Waals surface area (Å²) in [5.41, 5.74) is 0.389. The fourth-order valence-electron chi connectivity index (χ4n) is 0.855. The Morgan fingerprint density at radius 3 is 2.75 bits per heavy atom. The Morgan fingerprint density at radius 2 is 2.25 bits per heavy atom. The SMILES string of the molecule is CS(=O)(=O)Cc1c[c]ccc1O. The van der Waals surface area contributed by atoms with E-state index in [1.807, 2.05) is 0 Å². The third-order valence-corrected chi connectivity index (χ3v) is 2.18. The topological polar surface area (TPSA) is 54.4 Å². The molecule has 0 bridgehead atoms. The first-order chi connectivity index (χ1) is 5.49. The minimum Gasteiger partial charge on any atom is -0.508 e. The van der Waals surface area contributed by atoms with Crippen LogP contribution in [0.4, 0.5) is 0 Å². The molecule has 1 rings (SSSR count). The minimum atomic E-state index is -3.08. The quantitative estimate of drug-likeness (QED) is 0.739. The largest absolute Gasteiger partial charge is 0.508 e. The van der Waals surface area contributed by atoms with Crippen molar-refractivity contribution in [2.75, 3.05) is 6.26 Å². The van der Waals surface area contributed by atoms with Gasteiger partial charge in [0.15, 0.2) is 9.84 Å². The van der Waals surface area contributed by atoms with Gasteiger partial charge in [-0.3, -0.25) is 0 Å². The summed E-state index contributed by atoms with van der Waals surface area (Å²) < 4.78 is 21.7. The predicted molar refractivity (Wildman–Crippen MR) is 45.5 cm³/mol. The van der Waals surface area contributed by atoms with Crippen LogP contribution in [0.5, 0.6) is 5.75 Å². The number of phenolic OH excluding ortho intramolecular Hbond substituents is 1. The van der Waals surface area contributed by atoms with Gasteiger partial charge in [-0.1, -0.05) is 6.07 Å². The van der Waals surface area contributed by atoms with Crippen molar-refractivity contribution < 1.29 is 13.5 Å². The zero-order valence-electron chi connectivity index (χ0n) is 6.61. The average molecular weight is 185 g/mol. The fourth-order valence-corrected chi connectivity index (χ4v) is 1.65. The van der Waals surface area contributed by atoms with Gasteiger partial charge >= 0.3 is 0 Å². The maximum atomic E-state index is 10.8. The molecular formula is C8H9O3S. The van der Waals surface area contributed by atoms with E-state index >= 15 is 0 Å². The van der Waals surface area contributed by atoms with Crippen LogP contribution in [0.2, 0.25) is 0 Å². The number of hydrogen-bond acceptors (Lipinski definition) is 3. The molecule has 0 spiro atoms. The molecule has 0 unspecified atom stereocenters. The first-order valence-electron chi connectivity index (χ1n) is 3.35. The lowest BCUT2D eigenvalue weighted by Gasteiger charge is -2.00. The molecule has 0 heterocycles. The second-order valence-electron chi connectivity index (χ2n) is 2.62. The minimum absolute atomic E-state index is 0.000764. The van der Waals surface area contributed by atoms with E-state index in [1.165, 1.54) is 18.2 Å². The van der Waals surface area contributed by atoms with Gasteiger partial charge in [0.25, 0.3) is 0 Å². The Balaban J connectivity index is 2.98. The molecule has 0 aliphatic heterocycles. The first-order valence-corrected chi connectivity index (χ1v) is 5.41. The highest BCUT2D eigenvalue weighted by molar-refractivity contribution is 7.89. The molecule has 0 saturated carbocycles. The lowest BCUT2D eigenvalue weighted by molar-refractivity contribution is 0.470. The van der Waals surface area contributed by atoms with Crippen LogP contribution in [0.1, 0.15) is 5.56 Å². The van der Waals surface area contributed by atoms with Crippen molar-refractivity contribution in [2.45, 2.75) is 5.75 Å². The second-order valence-corrected chi connectivity index (χ2v) is 4.77. The van der Waals surface area contributed by atoms with Gasteiger partial charge in [-0.05, 0) is 18.2 Å². The summed E-state index contributed by atoms with van der Waals surface area (Å²) in [6.07, 6.45) is 1.12. The van der Waals surface area contributed by atoms with E-state index in [0.717, 1.165) is 6.26 Å². The molecule has 12 heavy (non-hydrogen) atoms. The first kappa shape index (κ1) is 9.06. The number of rotatable bonds is 2. The molecule has 1 aromatic rings. The van der Waals surface area contributed by atoms with Crippen LogP contribution in [-0.2, 0) is 15.6 Å². The molecule has 0 fully saturated rings. The van der Waals surface area contributed by atoms with Gasteiger partial charge in [-0.25, -0.2) is 8.42 Å². The van der Waals surface area contributed by atoms with Crippen LogP contribution >= 0.6 is 0 Å². The fraction of sp³-hybridized carbons (Fsp3) is 0.250. The molecule has 0 amide bonds. The van der Waals surface area contributed by atoms with E-state index in [9.17, 15) is 13.5 Å². The highest BCUT2D eigenvalue weighted by atomic mass is 32.2. The van der Waals surface area contributed by atoms with Gasteiger partial charge in [-0.2, -0.15) is 0 Å². The van der Waals surface area contributed by atoms with E-state index in [0.29, 0.717) is 5.56 Å². The monoisotopic (exact) mass is 185 g/mol. The second kappa shape index (κ2) is 3.15. The van der Waals surface area contributed by atoms with Gasteiger partial charge in [-0.15, -0.1) is 0 Å². The van der Waals surface area contributed by atoms with E-state index in [1.54, 1.807) is 0 Å². The molecule has 0 aromatic heterocycles. The Labute approximate surface area is 71.6 Å². The molecule has 4 heteroatoms. The van der Waals surface area contributed by atoms with Gasteiger partial charge in [0.2, 0.25) is 0 Å². The molecule has 0 aliphatic rings. The molecule has 3 nitrogen and oxygen atoms in total. The van der Waals surface area contributed by atoms with Gasteiger partial charge in [0, 0.05) is 11.8 Å². The molecule has 1 aromatic carbocycles. The van der Waals surface area contributed by atoms with Crippen LogP contribution in [-0.4, -0.2) is 19.8 Å². The Kier molecular flexibility index (Phi) is 2.38. The van der Waals surface area contributed by atoms with E-state index in [-0.39, 0.29) is 11.5 Å². The number of sulfone groups is 1. The third kappa shape index (κ3) is 2.54. The van der Waals surface area contributed by atoms with Crippen LogP contribution in [0, 0.1) is 6.07 Å². The van der Waals surface area contributed by atoms with Crippen molar-refractivity contribution in [1.82, 2.24) is 0 Å². The summed E-state index contributed by atoms with van der Waals surface area (Å²) in [7, 11) is -3.08. The maximum absolute atomic E-state index is 10.8. The predicted octanol–water partition coefficient (Wildman–Crippen LogP) is 0.737. The lowest BCUT2D eigenvalue weighted by Crippen LogP contribution is -2.00. The van der Waals surface area contributed by atoms with Gasteiger partial charge in [0.05, 0.1) is 5.75 Å². The smallest absolute Gasteiger partial charge is 0.151 e. The van der Waals surface area contributed by atoms with Crippen molar-refractivity contribution >= 4 is 9.84 Å². The molecule has 65 valence electrons. The van der Waals surface area contributed by atoms with E-state index < -0.39 is 9.84 Å². The van der Waals surface area contributed by atoms with Crippen molar-refractivity contribution in [3.63, 3.8) is 0 Å². The third-order valence-electron chi connectivity index (χ3n) is 1.34. The van der Waals surface area contributed by atoms with Crippen molar-refractivity contribution in [2.24, 2.45) is 0 Å². The highest BCUT2D eigenvalue weighted by Gasteiger charge is 2.07. The zero-order valence-corrected chi connectivity index (χ0v) is 7.43. The highest BCUT2D eigenvalue weighted by Crippen LogP contribution is 2.17. The Morgan fingerprint density at radius 1 is 1.58 bits per heavy atom. The number of hydrogen-bond donors (Lipinski definition) is 1. The number of phenols is 1. The van der Waals surface area contributed by atoms with Crippen molar-refractivity contribution in [3.8, 4) is 5.75 Å². The van der Waals surface area contributed by atoms with Crippen LogP contribution < -0.4 is 0 Å². The standard InChI is InChI=1S/C8H9O3S/c1-12(10,11)6-7-4-2-3-5-8(7)9/h3-5,9H,6H2,1H3. The normalized spacial score (nSPS) is 11.4. The van der Waals surface area contributed by atoms with Crippen molar-refractivity contribution in [1.29, 1.82) is 0 Å². The van der Waals surface area contributed by atoms with E-state index in [2.05, 4.69) is 6.07 Å². The van der Waals surface area contributed by atoms with Crippen LogP contribution in [0.15, 0.2) is 18.2 Å². The molecule has 0 aliphatic carbocycles. The summed E-state index contributed by atoms with van der Waals surface area (Å²) in [5, 5.41) is 9.19.